The first-order valence-corrected chi connectivity index (χ1v) is 6.10. The Morgan fingerprint density at radius 3 is 2.44 bits per heavy atom. The topological polar surface area (TPSA) is 43.1 Å². The van der Waals surface area contributed by atoms with Gasteiger partial charge in [-0.2, -0.15) is 0 Å². The highest BCUT2D eigenvalue weighted by molar-refractivity contribution is 6.35. The second-order valence-electron chi connectivity index (χ2n) is 4.03. The molecule has 0 aliphatic carbocycles. The van der Waals surface area contributed by atoms with Gasteiger partial charge in [0.15, 0.2) is 5.78 Å². The van der Waals surface area contributed by atoms with E-state index in [4.69, 9.17) is 28.9 Å². The van der Waals surface area contributed by atoms with Crippen LogP contribution in [0.4, 0.5) is 5.69 Å². The predicted molar refractivity (Wildman–Crippen MR) is 75.5 cm³/mol. The van der Waals surface area contributed by atoms with Gasteiger partial charge in [-0.1, -0.05) is 29.3 Å². The molecule has 0 amide bonds. The lowest BCUT2D eigenvalue weighted by molar-refractivity contribution is 0.103. The molecule has 2 N–H and O–H groups in total. The van der Waals surface area contributed by atoms with Crippen molar-refractivity contribution in [2.24, 2.45) is 0 Å². The van der Waals surface area contributed by atoms with Crippen LogP contribution >= 0.6 is 23.2 Å². The molecule has 0 aliphatic heterocycles. The lowest BCUT2D eigenvalue weighted by atomic mass is 9.99. The Balaban J connectivity index is 2.51. The third-order valence-electron chi connectivity index (χ3n) is 2.68. The summed E-state index contributed by atoms with van der Waals surface area (Å²) in [7, 11) is 0. The van der Waals surface area contributed by atoms with E-state index in [0.717, 1.165) is 5.56 Å². The van der Waals surface area contributed by atoms with Crippen LogP contribution in [0, 0.1) is 6.92 Å². The van der Waals surface area contributed by atoms with Crippen LogP contribution in [0.3, 0.4) is 0 Å². The first-order chi connectivity index (χ1) is 8.49. The standard InChI is InChI=1S/C14H11Cl2NO/c1-8-2-3-9(15)6-12(8)14(18)11-5-4-10(17)7-13(11)16/h2-7H,17H2,1H3. The number of rotatable bonds is 2. The SMILES string of the molecule is Cc1ccc(Cl)cc1C(=O)c1ccc(N)cc1Cl. The third-order valence-corrected chi connectivity index (χ3v) is 3.23. The van der Waals surface area contributed by atoms with Crippen molar-refractivity contribution in [2.45, 2.75) is 6.92 Å². The zero-order valence-corrected chi connectivity index (χ0v) is 11.2. The summed E-state index contributed by atoms with van der Waals surface area (Å²) < 4.78 is 0. The Bertz CT molecular complexity index is 623. The molecule has 92 valence electrons. The van der Waals surface area contributed by atoms with Gasteiger partial charge in [0.05, 0.1) is 5.02 Å². The largest absolute Gasteiger partial charge is 0.399 e. The lowest BCUT2D eigenvalue weighted by Gasteiger charge is -2.07. The van der Waals surface area contributed by atoms with E-state index in [1.165, 1.54) is 0 Å². The summed E-state index contributed by atoms with van der Waals surface area (Å²) in [6.45, 7) is 1.86. The van der Waals surface area contributed by atoms with Gasteiger partial charge < -0.3 is 5.73 Å². The minimum atomic E-state index is -0.153. The molecular formula is C14H11Cl2NO. The fraction of sp³-hybridized carbons (Fsp3) is 0.0714. The van der Waals surface area contributed by atoms with Gasteiger partial charge in [0, 0.05) is 21.8 Å². The Hall–Kier alpha value is -1.51. The van der Waals surface area contributed by atoms with Crippen LogP contribution in [0.2, 0.25) is 10.0 Å². The van der Waals surface area contributed by atoms with E-state index < -0.39 is 0 Å². The lowest BCUT2D eigenvalue weighted by Crippen LogP contribution is -2.05. The van der Waals surface area contributed by atoms with Gasteiger partial charge in [-0.15, -0.1) is 0 Å². The average Bonchev–Trinajstić information content (AvgIpc) is 2.31. The zero-order chi connectivity index (χ0) is 13.3. The minimum Gasteiger partial charge on any atom is -0.399 e. The fourth-order valence-electron chi connectivity index (χ4n) is 1.70. The number of halogens is 2. The van der Waals surface area contributed by atoms with Gasteiger partial charge in [-0.05, 0) is 42.8 Å². The number of hydrogen-bond acceptors (Lipinski definition) is 2. The van der Waals surface area contributed by atoms with Crippen molar-refractivity contribution in [2.75, 3.05) is 5.73 Å². The summed E-state index contributed by atoms with van der Waals surface area (Å²) in [5, 5.41) is 0.870. The molecule has 0 radical (unpaired) electrons. The molecule has 2 aromatic rings. The maximum absolute atomic E-state index is 12.4. The number of anilines is 1. The smallest absolute Gasteiger partial charge is 0.194 e. The number of aryl methyl sites for hydroxylation is 1. The van der Waals surface area contributed by atoms with Crippen molar-refractivity contribution in [3.05, 3.63) is 63.1 Å². The number of carbonyl (C=O) groups is 1. The van der Waals surface area contributed by atoms with E-state index in [2.05, 4.69) is 0 Å². The molecule has 0 spiro atoms. The normalized spacial score (nSPS) is 10.4. The van der Waals surface area contributed by atoms with Gasteiger partial charge in [0.2, 0.25) is 0 Å². The van der Waals surface area contributed by atoms with Crippen molar-refractivity contribution in [1.82, 2.24) is 0 Å². The minimum absolute atomic E-state index is 0.153. The van der Waals surface area contributed by atoms with Crippen LogP contribution in [0.5, 0.6) is 0 Å². The number of ketones is 1. The summed E-state index contributed by atoms with van der Waals surface area (Å²) in [6.07, 6.45) is 0. The predicted octanol–water partition coefficient (Wildman–Crippen LogP) is 4.12. The van der Waals surface area contributed by atoms with Gasteiger partial charge in [0.25, 0.3) is 0 Å². The van der Waals surface area contributed by atoms with E-state index in [1.807, 2.05) is 6.92 Å². The number of benzene rings is 2. The van der Waals surface area contributed by atoms with Crippen molar-refractivity contribution in [3.8, 4) is 0 Å². The number of nitrogens with two attached hydrogens (primary N) is 1. The maximum Gasteiger partial charge on any atom is 0.194 e. The van der Waals surface area contributed by atoms with Crippen LogP contribution in [0.25, 0.3) is 0 Å². The molecule has 0 fully saturated rings. The first-order valence-electron chi connectivity index (χ1n) is 5.35. The molecule has 18 heavy (non-hydrogen) atoms. The molecule has 0 heterocycles. The highest BCUT2D eigenvalue weighted by Crippen LogP contribution is 2.24. The van der Waals surface area contributed by atoms with E-state index in [0.29, 0.717) is 26.9 Å². The Kier molecular flexibility index (Phi) is 3.60. The number of carbonyl (C=O) groups excluding carboxylic acids is 1. The molecule has 2 rings (SSSR count). The second-order valence-corrected chi connectivity index (χ2v) is 4.87. The molecule has 2 nitrogen and oxygen atoms in total. The second kappa shape index (κ2) is 5.01. The Morgan fingerprint density at radius 2 is 1.78 bits per heavy atom. The van der Waals surface area contributed by atoms with E-state index in [-0.39, 0.29) is 5.78 Å². The van der Waals surface area contributed by atoms with Gasteiger partial charge in [-0.3, -0.25) is 4.79 Å². The van der Waals surface area contributed by atoms with Crippen LogP contribution < -0.4 is 5.73 Å². The van der Waals surface area contributed by atoms with Crippen molar-refractivity contribution < 1.29 is 4.79 Å². The molecule has 0 saturated carbocycles. The molecule has 0 aromatic heterocycles. The molecule has 0 saturated heterocycles. The quantitative estimate of drug-likeness (QED) is 0.664. The summed E-state index contributed by atoms with van der Waals surface area (Å²) in [4.78, 5) is 12.4. The molecule has 2 aromatic carbocycles. The fourth-order valence-corrected chi connectivity index (χ4v) is 2.15. The van der Waals surface area contributed by atoms with E-state index >= 15 is 0 Å². The van der Waals surface area contributed by atoms with Gasteiger partial charge >= 0.3 is 0 Å². The number of nitrogen functional groups attached to an aromatic ring is 1. The van der Waals surface area contributed by atoms with E-state index in [9.17, 15) is 4.79 Å². The first kappa shape index (κ1) is 12.9. The van der Waals surface area contributed by atoms with Gasteiger partial charge in [-0.25, -0.2) is 0 Å². The third kappa shape index (κ3) is 2.50. The highest BCUT2D eigenvalue weighted by Gasteiger charge is 2.15. The van der Waals surface area contributed by atoms with Crippen molar-refractivity contribution in [1.29, 1.82) is 0 Å². The Morgan fingerprint density at radius 1 is 1.06 bits per heavy atom. The Labute approximate surface area is 115 Å². The van der Waals surface area contributed by atoms with Crippen LogP contribution in [0.15, 0.2) is 36.4 Å². The molecular weight excluding hydrogens is 269 g/mol. The molecule has 0 aliphatic rings. The summed E-state index contributed by atoms with van der Waals surface area (Å²) >= 11 is 11.9. The molecule has 0 unspecified atom stereocenters. The monoisotopic (exact) mass is 279 g/mol. The van der Waals surface area contributed by atoms with Crippen LogP contribution in [-0.4, -0.2) is 5.78 Å². The maximum atomic E-state index is 12.4. The van der Waals surface area contributed by atoms with Crippen LogP contribution in [0.1, 0.15) is 21.5 Å². The van der Waals surface area contributed by atoms with Gasteiger partial charge in [0.1, 0.15) is 0 Å². The van der Waals surface area contributed by atoms with Crippen molar-refractivity contribution in [3.63, 3.8) is 0 Å². The van der Waals surface area contributed by atoms with Crippen LogP contribution in [-0.2, 0) is 0 Å². The molecule has 0 bridgehead atoms. The average molecular weight is 280 g/mol. The number of hydrogen-bond donors (Lipinski definition) is 1. The molecule has 0 atom stereocenters. The summed E-state index contributed by atoms with van der Waals surface area (Å²) in [5.41, 5.74) is 7.97. The highest BCUT2D eigenvalue weighted by atomic mass is 35.5. The summed E-state index contributed by atoms with van der Waals surface area (Å²) in [5.74, 6) is -0.153. The zero-order valence-electron chi connectivity index (χ0n) is 9.71. The van der Waals surface area contributed by atoms with E-state index in [1.54, 1.807) is 36.4 Å². The van der Waals surface area contributed by atoms with Crippen molar-refractivity contribution >= 4 is 34.7 Å². The summed E-state index contributed by atoms with van der Waals surface area (Å²) in [6, 6.07) is 10.0. The molecule has 4 heteroatoms.